The van der Waals surface area contributed by atoms with Gasteiger partial charge in [0.15, 0.2) is 0 Å². The third kappa shape index (κ3) is 4.77. The molecule has 0 unspecified atom stereocenters. The summed E-state index contributed by atoms with van der Waals surface area (Å²) in [4.78, 5) is 26.9. The zero-order valence-corrected chi connectivity index (χ0v) is 18.4. The molecule has 1 atom stereocenters. The second kappa shape index (κ2) is 9.31. The van der Waals surface area contributed by atoms with Crippen LogP contribution >= 0.6 is 11.8 Å². The molecule has 0 aliphatic carbocycles. The zero-order valence-electron chi connectivity index (χ0n) is 17.6. The Morgan fingerprint density at radius 2 is 1.68 bits per heavy atom. The van der Waals surface area contributed by atoms with E-state index in [0.29, 0.717) is 17.3 Å². The van der Waals surface area contributed by atoms with Gasteiger partial charge >= 0.3 is 6.09 Å². The van der Waals surface area contributed by atoms with Crippen molar-refractivity contribution in [3.05, 3.63) is 83.7 Å². The van der Waals surface area contributed by atoms with Crippen molar-refractivity contribution in [2.45, 2.75) is 26.5 Å². The van der Waals surface area contributed by atoms with Gasteiger partial charge in [0.1, 0.15) is 12.6 Å². The Balaban J connectivity index is 1.37. The molecule has 2 aromatic carbocycles. The number of amides is 2. The largest absolute Gasteiger partial charge is 0.445 e. The van der Waals surface area contributed by atoms with Crippen molar-refractivity contribution in [3.63, 3.8) is 0 Å². The molecule has 3 aromatic rings. The molecule has 6 nitrogen and oxygen atoms in total. The van der Waals surface area contributed by atoms with Crippen molar-refractivity contribution in [1.29, 1.82) is 0 Å². The number of rotatable bonds is 5. The third-order valence-electron chi connectivity index (χ3n) is 5.29. The SMILES string of the molecule is Cc1ccc(C)n1-c1ccc(NC(=O)[C@@H]2CSCN2C(=O)OCc2ccccc2)cc1. The highest BCUT2D eigenvalue weighted by molar-refractivity contribution is 7.99. The Bertz CT molecular complexity index is 1040. The summed E-state index contributed by atoms with van der Waals surface area (Å²) in [5.74, 6) is 0.783. The molecule has 0 bridgehead atoms. The second-order valence-corrected chi connectivity index (χ2v) is 8.51. The molecule has 1 aromatic heterocycles. The van der Waals surface area contributed by atoms with E-state index in [1.54, 1.807) is 11.8 Å². The number of nitrogens with one attached hydrogen (secondary N) is 1. The number of carbonyl (C=O) groups is 2. The molecule has 31 heavy (non-hydrogen) atoms. The fourth-order valence-corrected chi connectivity index (χ4v) is 4.78. The van der Waals surface area contributed by atoms with E-state index in [0.717, 1.165) is 22.6 Å². The molecule has 0 saturated carbocycles. The van der Waals surface area contributed by atoms with E-state index in [-0.39, 0.29) is 12.5 Å². The maximum absolute atomic E-state index is 12.8. The number of thioether (sulfide) groups is 1. The van der Waals surface area contributed by atoms with Crippen LogP contribution in [0.5, 0.6) is 0 Å². The third-order valence-corrected chi connectivity index (χ3v) is 6.30. The monoisotopic (exact) mass is 435 g/mol. The number of hydrogen-bond acceptors (Lipinski definition) is 4. The standard InChI is InChI=1S/C24H25N3O3S/c1-17-8-9-18(2)27(17)21-12-10-20(11-13-21)25-23(28)22-15-31-16-26(22)24(29)30-14-19-6-4-3-5-7-19/h3-13,22H,14-16H2,1-2H3,(H,25,28)/t22-/m0/s1. The molecule has 4 rings (SSSR count). The molecule has 1 N–H and O–H groups in total. The van der Waals surface area contributed by atoms with Gasteiger partial charge in [-0.1, -0.05) is 30.3 Å². The van der Waals surface area contributed by atoms with E-state index in [2.05, 4.69) is 35.9 Å². The molecule has 1 aliphatic heterocycles. The molecule has 160 valence electrons. The lowest BCUT2D eigenvalue weighted by atomic mass is 10.2. The lowest BCUT2D eigenvalue weighted by Gasteiger charge is -2.22. The van der Waals surface area contributed by atoms with E-state index in [9.17, 15) is 9.59 Å². The van der Waals surface area contributed by atoms with Gasteiger partial charge in [0.05, 0.1) is 5.88 Å². The van der Waals surface area contributed by atoms with Gasteiger partial charge in [-0.25, -0.2) is 4.79 Å². The van der Waals surface area contributed by atoms with Crippen molar-refractivity contribution in [3.8, 4) is 5.69 Å². The summed E-state index contributed by atoms with van der Waals surface area (Å²) >= 11 is 1.54. The average Bonchev–Trinajstić information content (AvgIpc) is 3.40. The van der Waals surface area contributed by atoms with E-state index < -0.39 is 12.1 Å². The molecule has 2 amide bonds. The van der Waals surface area contributed by atoms with Gasteiger partial charge in [0.25, 0.3) is 0 Å². The zero-order chi connectivity index (χ0) is 21.8. The summed E-state index contributed by atoms with van der Waals surface area (Å²) in [6.07, 6.45) is -0.470. The van der Waals surface area contributed by atoms with Crippen molar-refractivity contribution >= 4 is 29.4 Å². The molecular weight excluding hydrogens is 410 g/mol. The van der Waals surface area contributed by atoms with Crippen molar-refractivity contribution in [2.24, 2.45) is 0 Å². The maximum atomic E-state index is 12.8. The van der Waals surface area contributed by atoms with E-state index in [1.807, 2.05) is 54.6 Å². The van der Waals surface area contributed by atoms with Crippen LogP contribution in [0.25, 0.3) is 5.69 Å². The van der Waals surface area contributed by atoms with Crippen LogP contribution in [0.4, 0.5) is 10.5 Å². The Morgan fingerprint density at radius 3 is 2.35 bits per heavy atom. The minimum atomic E-state index is -0.554. The number of nitrogens with zero attached hydrogens (tertiary/aromatic N) is 2. The maximum Gasteiger partial charge on any atom is 0.411 e. The molecule has 0 spiro atoms. The average molecular weight is 436 g/mol. The van der Waals surface area contributed by atoms with Crippen molar-refractivity contribution in [2.75, 3.05) is 16.9 Å². The molecule has 7 heteroatoms. The molecular formula is C24H25N3O3S. The van der Waals surface area contributed by atoms with Gasteiger partial charge in [0, 0.05) is 28.5 Å². The van der Waals surface area contributed by atoms with Gasteiger partial charge in [0.2, 0.25) is 5.91 Å². The number of carbonyl (C=O) groups excluding carboxylic acids is 2. The number of benzene rings is 2. The van der Waals surface area contributed by atoms with Gasteiger partial charge < -0.3 is 14.6 Å². The fraction of sp³-hybridized carbons (Fsp3) is 0.250. The number of hydrogen-bond donors (Lipinski definition) is 1. The van der Waals surface area contributed by atoms with Crippen LogP contribution < -0.4 is 5.32 Å². The Labute approximate surface area is 186 Å². The molecule has 1 aliphatic rings. The summed E-state index contributed by atoms with van der Waals surface area (Å²) < 4.78 is 7.57. The van der Waals surface area contributed by atoms with Crippen LogP contribution in [0.2, 0.25) is 0 Å². The molecule has 1 fully saturated rings. The predicted octanol–water partition coefficient (Wildman–Crippen LogP) is 4.74. The van der Waals surface area contributed by atoms with E-state index in [1.165, 1.54) is 4.90 Å². The van der Waals surface area contributed by atoms with Crippen molar-refractivity contribution in [1.82, 2.24) is 9.47 Å². The van der Waals surface area contributed by atoms with Crippen LogP contribution in [0.3, 0.4) is 0 Å². The smallest absolute Gasteiger partial charge is 0.411 e. The Morgan fingerprint density at radius 1 is 1.00 bits per heavy atom. The molecule has 2 heterocycles. The molecule has 0 radical (unpaired) electrons. The van der Waals surface area contributed by atoms with Crippen LogP contribution in [0.1, 0.15) is 17.0 Å². The van der Waals surface area contributed by atoms with Gasteiger partial charge in [-0.05, 0) is 55.8 Å². The van der Waals surface area contributed by atoms with Crippen LogP contribution in [0.15, 0.2) is 66.7 Å². The number of aryl methyl sites for hydroxylation is 2. The highest BCUT2D eigenvalue weighted by atomic mass is 32.2. The highest BCUT2D eigenvalue weighted by Gasteiger charge is 2.35. The summed E-state index contributed by atoms with van der Waals surface area (Å²) in [7, 11) is 0. The van der Waals surface area contributed by atoms with Crippen LogP contribution in [0, 0.1) is 13.8 Å². The highest BCUT2D eigenvalue weighted by Crippen LogP contribution is 2.24. The van der Waals surface area contributed by atoms with Crippen LogP contribution in [-0.2, 0) is 16.1 Å². The normalized spacial score (nSPS) is 15.7. The predicted molar refractivity (Wildman–Crippen MR) is 123 cm³/mol. The van der Waals surface area contributed by atoms with E-state index in [4.69, 9.17) is 4.74 Å². The number of ether oxygens (including phenoxy) is 1. The number of aromatic nitrogens is 1. The lowest BCUT2D eigenvalue weighted by Crippen LogP contribution is -2.44. The lowest BCUT2D eigenvalue weighted by molar-refractivity contribution is -0.119. The minimum Gasteiger partial charge on any atom is -0.445 e. The molecule has 1 saturated heterocycles. The minimum absolute atomic E-state index is 0.189. The summed E-state index contributed by atoms with van der Waals surface area (Å²) in [6, 6.07) is 20.8. The topological polar surface area (TPSA) is 63.6 Å². The first kappa shape index (κ1) is 21.1. The van der Waals surface area contributed by atoms with Crippen molar-refractivity contribution < 1.29 is 14.3 Å². The van der Waals surface area contributed by atoms with Gasteiger partial charge in [-0.2, -0.15) is 0 Å². The van der Waals surface area contributed by atoms with Crippen LogP contribution in [-0.4, -0.2) is 39.1 Å². The summed E-state index contributed by atoms with van der Waals surface area (Å²) in [5, 5.41) is 2.93. The Kier molecular flexibility index (Phi) is 6.32. The summed E-state index contributed by atoms with van der Waals surface area (Å²) in [5.41, 5.74) is 4.96. The Hall–Kier alpha value is -3.19. The van der Waals surface area contributed by atoms with Gasteiger partial charge in [-0.15, -0.1) is 11.8 Å². The first-order chi connectivity index (χ1) is 15.0. The fourth-order valence-electron chi connectivity index (χ4n) is 3.64. The summed E-state index contributed by atoms with van der Waals surface area (Å²) in [6.45, 7) is 4.31. The first-order valence-electron chi connectivity index (χ1n) is 10.1. The van der Waals surface area contributed by atoms with E-state index >= 15 is 0 Å². The quantitative estimate of drug-likeness (QED) is 0.629. The second-order valence-electron chi connectivity index (χ2n) is 7.51. The first-order valence-corrected chi connectivity index (χ1v) is 11.3. The van der Waals surface area contributed by atoms with Gasteiger partial charge in [-0.3, -0.25) is 9.69 Å². The number of anilines is 1.